The summed E-state index contributed by atoms with van der Waals surface area (Å²) in [6.07, 6.45) is 5.45. The summed E-state index contributed by atoms with van der Waals surface area (Å²) in [5.74, 6) is 3.72. The lowest BCUT2D eigenvalue weighted by molar-refractivity contribution is 0.0242. The van der Waals surface area contributed by atoms with Crippen LogP contribution in [0, 0.1) is 6.92 Å². The number of rotatable bonds is 8. The van der Waals surface area contributed by atoms with Crippen LogP contribution in [-0.2, 0) is 18.3 Å². The van der Waals surface area contributed by atoms with E-state index in [1.54, 1.807) is 0 Å². The largest absolute Gasteiger partial charge is 0.373 e. The molecule has 0 aliphatic carbocycles. The van der Waals surface area contributed by atoms with Gasteiger partial charge in [-0.15, -0.1) is 34.2 Å². The van der Waals surface area contributed by atoms with Crippen molar-refractivity contribution in [1.82, 2.24) is 25.4 Å². The summed E-state index contributed by atoms with van der Waals surface area (Å²) in [5, 5.41) is 15.1. The topological polar surface area (TPSA) is 76.4 Å². The highest BCUT2D eigenvalue weighted by atomic mass is 127. The number of nitrogens with one attached hydrogen (secondary N) is 2. The molecule has 0 radical (unpaired) electrons. The van der Waals surface area contributed by atoms with E-state index in [2.05, 4.69) is 39.0 Å². The number of ether oxygens (including phenoxy) is 1. The Morgan fingerprint density at radius 3 is 2.80 bits per heavy atom. The standard InChI is InChI=1S/C16H30N6OS.HI/c1-13-20-21-14(22(13)3)11-18-15(17-8-6-10-24-4)19-12-16(2)7-5-9-23-16;/h5-12H2,1-4H3,(H2,17,18,19);1H. The van der Waals surface area contributed by atoms with E-state index in [-0.39, 0.29) is 29.6 Å². The van der Waals surface area contributed by atoms with E-state index < -0.39 is 0 Å². The minimum absolute atomic E-state index is 0. The van der Waals surface area contributed by atoms with Crippen LogP contribution in [-0.4, -0.2) is 58.0 Å². The molecule has 1 saturated heterocycles. The fourth-order valence-corrected chi connectivity index (χ4v) is 3.02. The lowest BCUT2D eigenvalue weighted by Gasteiger charge is -2.24. The average Bonchev–Trinajstić information content (AvgIpc) is 3.14. The van der Waals surface area contributed by atoms with E-state index >= 15 is 0 Å². The van der Waals surface area contributed by atoms with Crippen LogP contribution in [0.2, 0.25) is 0 Å². The molecule has 2 heterocycles. The Morgan fingerprint density at radius 2 is 2.20 bits per heavy atom. The van der Waals surface area contributed by atoms with E-state index in [1.165, 1.54) is 0 Å². The Morgan fingerprint density at radius 1 is 1.40 bits per heavy atom. The maximum atomic E-state index is 5.84. The van der Waals surface area contributed by atoms with Crippen LogP contribution in [0.25, 0.3) is 0 Å². The summed E-state index contributed by atoms with van der Waals surface area (Å²) < 4.78 is 7.81. The van der Waals surface area contributed by atoms with Crippen LogP contribution in [0.4, 0.5) is 0 Å². The highest BCUT2D eigenvalue weighted by Crippen LogP contribution is 2.23. The fraction of sp³-hybridized carbons (Fsp3) is 0.812. The maximum absolute atomic E-state index is 5.84. The van der Waals surface area contributed by atoms with Crippen molar-refractivity contribution in [3.05, 3.63) is 11.6 Å². The number of aliphatic imine (C=N–C) groups is 1. The van der Waals surface area contributed by atoms with Gasteiger partial charge in [0, 0.05) is 26.7 Å². The molecule has 1 atom stereocenters. The van der Waals surface area contributed by atoms with Crippen molar-refractivity contribution in [2.45, 2.75) is 45.3 Å². The van der Waals surface area contributed by atoms with Crippen LogP contribution >= 0.6 is 35.7 Å². The second-order valence-electron chi connectivity index (χ2n) is 6.42. The van der Waals surface area contributed by atoms with Crippen molar-refractivity contribution in [2.24, 2.45) is 12.0 Å². The zero-order valence-corrected chi connectivity index (χ0v) is 18.8. The molecular formula is C16H31IN6OS. The molecule has 7 nitrogen and oxygen atoms in total. The first kappa shape index (κ1) is 22.5. The first-order valence-corrected chi connectivity index (χ1v) is 9.93. The van der Waals surface area contributed by atoms with Crippen molar-refractivity contribution in [3.63, 3.8) is 0 Å². The van der Waals surface area contributed by atoms with Gasteiger partial charge in [0.05, 0.1) is 5.60 Å². The zero-order valence-electron chi connectivity index (χ0n) is 15.7. The van der Waals surface area contributed by atoms with Gasteiger partial charge in [-0.25, -0.2) is 4.99 Å². The Bertz CT molecular complexity index is 545. The number of aromatic nitrogens is 3. The molecule has 25 heavy (non-hydrogen) atoms. The highest BCUT2D eigenvalue weighted by molar-refractivity contribution is 14.0. The molecule has 1 unspecified atom stereocenters. The number of guanidine groups is 1. The Hall–Kier alpha value is -0.550. The highest BCUT2D eigenvalue weighted by Gasteiger charge is 2.29. The van der Waals surface area contributed by atoms with Crippen LogP contribution in [0.1, 0.15) is 37.8 Å². The quantitative estimate of drug-likeness (QED) is 0.256. The molecule has 2 N–H and O–H groups in total. The van der Waals surface area contributed by atoms with Gasteiger partial charge in [-0.1, -0.05) is 0 Å². The number of thioether (sulfide) groups is 1. The van der Waals surface area contributed by atoms with E-state index in [0.29, 0.717) is 6.54 Å². The zero-order chi connectivity index (χ0) is 17.4. The third-order valence-corrected chi connectivity index (χ3v) is 5.01. The second kappa shape index (κ2) is 11.2. The normalized spacial score (nSPS) is 20.4. The summed E-state index contributed by atoms with van der Waals surface area (Å²) in [6.45, 7) is 7.13. The van der Waals surface area contributed by atoms with Gasteiger partial charge < -0.3 is 19.9 Å². The first-order valence-electron chi connectivity index (χ1n) is 8.54. The fourth-order valence-electron chi connectivity index (χ4n) is 2.58. The Kier molecular flexibility index (Phi) is 10.1. The molecule has 2 rings (SSSR count). The van der Waals surface area contributed by atoms with Gasteiger partial charge in [-0.2, -0.15) is 11.8 Å². The molecule has 1 aromatic heterocycles. The van der Waals surface area contributed by atoms with Gasteiger partial charge in [-0.05, 0) is 45.1 Å². The van der Waals surface area contributed by atoms with Gasteiger partial charge in [0.25, 0.3) is 0 Å². The number of nitrogens with zero attached hydrogens (tertiary/aromatic N) is 4. The van der Waals surface area contributed by atoms with E-state index in [4.69, 9.17) is 4.74 Å². The van der Waals surface area contributed by atoms with E-state index in [9.17, 15) is 0 Å². The van der Waals surface area contributed by atoms with Crippen LogP contribution in [0.5, 0.6) is 0 Å². The van der Waals surface area contributed by atoms with Crippen molar-refractivity contribution in [1.29, 1.82) is 0 Å². The number of halogens is 1. The average molecular weight is 482 g/mol. The van der Waals surface area contributed by atoms with Gasteiger partial charge in [0.15, 0.2) is 11.8 Å². The summed E-state index contributed by atoms with van der Waals surface area (Å²) in [7, 11) is 1.96. The molecule has 1 aliphatic rings. The molecule has 0 spiro atoms. The van der Waals surface area contributed by atoms with Gasteiger partial charge >= 0.3 is 0 Å². The Labute approximate surface area is 172 Å². The van der Waals surface area contributed by atoms with Gasteiger partial charge in [0.2, 0.25) is 0 Å². The predicted octanol–water partition coefficient (Wildman–Crippen LogP) is 2.10. The number of hydrogen-bond acceptors (Lipinski definition) is 5. The first-order chi connectivity index (χ1) is 11.5. The van der Waals surface area contributed by atoms with Crippen molar-refractivity contribution < 1.29 is 4.74 Å². The van der Waals surface area contributed by atoms with Crippen LogP contribution in [0.15, 0.2) is 4.99 Å². The van der Waals surface area contributed by atoms with Gasteiger partial charge in [0.1, 0.15) is 12.4 Å². The number of aryl methyl sites for hydroxylation is 1. The smallest absolute Gasteiger partial charge is 0.191 e. The lowest BCUT2D eigenvalue weighted by Crippen LogP contribution is -2.45. The minimum Gasteiger partial charge on any atom is -0.373 e. The van der Waals surface area contributed by atoms with Crippen LogP contribution in [0.3, 0.4) is 0 Å². The predicted molar refractivity (Wildman–Crippen MR) is 115 cm³/mol. The molecule has 0 amide bonds. The Balaban J connectivity index is 0.00000312. The van der Waals surface area contributed by atoms with Crippen molar-refractivity contribution >= 4 is 41.7 Å². The third-order valence-electron chi connectivity index (χ3n) is 4.31. The molecule has 0 bridgehead atoms. The molecule has 0 aromatic carbocycles. The second-order valence-corrected chi connectivity index (χ2v) is 7.40. The summed E-state index contributed by atoms with van der Waals surface area (Å²) >= 11 is 1.86. The molecule has 1 fully saturated rings. The van der Waals surface area contributed by atoms with Crippen molar-refractivity contribution in [3.8, 4) is 0 Å². The lowest BCUT2D eigenvalue weighted by atomic mass is 10.0. The summed E-state index contributed by atoms with van der Waals surface area (Å²) in [6, 6.07) is 0. The summed E-state index contributed by atoms with van der Waals surface area (Å²) in [5.41, 5.74) is -0.0942. The van der Waals surface area contributed by atoms with E-state index in [1.807, 2.05) is 30.3 Å². The van der Waals surface area contributed by atoms with E-state index in [0.717, 1.165) is 62.3 Å². The van der Waals surface area contributed by atoms with Gasteiger partial charge in [-0.3, -0.25) is 0 Å². The molecule has 144 valence electrons. The minimum atomic E-state index is -0.0942. The van der Waals surface area contributed by atoms with Crippen molar-refractivity contribution in [2.75, 3.05) is 31.7 Å². The monoisotopic (exact) mass is 482 g/mol. The van der Waals surface area contributed by atoms with Crippen LogP contribution < -0.4 is 10.6 Å². The summed E-state index contributed by atoms with van der Waals surface area (Å²) in [4.78, 5) is 4.67. The SMILES string of the molecule is CSCCCNC(=NCc1nnc(C)n1C)NCC1(C)CCCO1.I. The molecular weight excluding hydrogens is 451 g/mol. The molecule has 9 heteroatoms. The number of hydrogen-bond donors (Lipinski definition) is 2. The maximum Gasteiger partial charge on any atom is 0.191 e. The third kappa shape index (κ3) is 7.30. The molecule has 0 saturated carbocycles. The molecule has 1 aromatic rings. The molecule has 1 aliphatic heterocycles.